The predicted molar refractivity (Wildman–Crippen MR) is 115 cm³/mol. The van der Waals surface area contributed by atoms with Gasteiger partial charge in [-0.3, -0.25) is 4.99 Å². The summed E-state index contributed by atoms with van der Waals surface area (Å²) in [6.07, 6.45) is 3.05. The van der Waals surface area contributed by atoms with Gasteiger partial charge in [0.05, 0.1) is 6.54 Å². The summed E-state index contributed by atoms with van der Waals surface area (Å²) in [5, 5.41) is 6.74. The van der Waals surface area contributed by atoms with Crippen molar-refractivity contribution in [3.05, 3.63) is 45.8 Å². The van der Waals surface area contributed by atoms with Crippen LogP contribution < -0.4 is 15.5 Å². The minimum atomic E-state index is 0.709. The topological polar surface area (TPSA) is 55.8 Å². The number of piperazine rings is 1. The lowest BCUT2D eigenvalue weighted by atomic mass is 10.2. The SMILES string of the molecule is CCc1ccc(CNC(=NC)NCc2ccc(N3CCN(C)CC3)nc2)s1. The summed E-state index contributed by atoms with van der Waals surface area (Å²) >= 11 is 1.85. The van der Waals surface area contributed by atoms with Crippen LogP contribution in [0.5, 0.6) is 0 Å². The van der Waals surface area contributed by atoms with Gasteiger partial charge >= 0.3 is 0 Å². The van der Waals surface area contributed by atoms with Gasteiger partial charge in [0, 0.05) is 55.7 Å². The maximum absolute atomic E-state index is 4.65. The molecular weight excluding hydrogens is 356 g/mol. The molecule has 146 valence electrons. The zero-order valence-corrected chi connectivity index (χ0v) is 17.4. The minimum Gasteiger partial charge on any atom is -0.354 e. The first-order valence-corrected chi connectivity index (χ1v) is 10.4. The molecule has 2 aromatic rings. The van der Waals surface area contributed by atoms with E-state index in [-0.39, 0.29) is 0 Å². The molecule has 27 heavy (non-hydrogen) atoms. The molecule has 0 amide bonds. The summed E-state index contributed by atoms with van der Waals surface area (Å²) in [4.78, 5) is 16.4. The fourth-order valence-electron chi connectivity index (χ4n) is 3.03. The number of hydrogen-bond donors (Lipinski definition) is 2. The number of guanidine groups is 1. The van der Waals surface area contributed by atoms with Gasteiger partial charge in [-0.15, -0.1) is 11.3 Å². The molecule has 0 radical (unpaired) electrons. The van der Waals surface area contributed by atoms with Crippen LogP contribution in [-0.4, -0.2) is 56.1 Å². The van der Waals surface area contributed by atoms with E-state index in [1.807, 2.05) is 17.5 Å². The summed E-state index contributed by atoms with van der Waals surface area (Å²) in [6, 6.07) is 8.65. The number of likely N-dealkylation sites (N-methyl/N-ethyl adjacent to an activating group) is 1. The molecule has 3 heterocycles. The third kappa shape index (κ3) is 5.68. The van der Waals surface area contributed by atoms with Crippen LogP contribution in [0.2, 0.25) is 0 Å². The number of anilines is 1. The molecule has 0 aliphatic carbocycles. The highest BCUT2D eigenvalue weighted by Crippen LogP contribution is 2.16. The summed E-state index contributed by atoms with van der Waals surface area (Å²) in [7, 11) is 3.97. The largest absolute Gasteiger partial charge is 0.354 e. The Morgan fingerprint density at radius 3 is 2.44 bits per heavy atom. The van der Waals surface area contributed by atoms with E-state index in [1.54, 1.807) is 7.05 Å². The smallest absolute Gasteiger partial charge is 0.191 e. The number of thiophene rings is 1. The normalized spacial score (nSPS) is 15.8. The number of aromatic nitrogens is 1. The van der Waals surface area contributed by atoms with Crippen LogP contribution in [0.3, 0.4) is 0 Å². The molecular formula is C20H30N6S. The second-order valence-corrected chi connectivity index (χ2v) is 8.07. The maximum Gasteiger partial charge on any atom is 0.191 e. The highest BCUT2D eigenvalue weighted by molar-refractivity contribution is 7.11. The average Bonchev–Trinajstić information content (AvgIpc) is 3.17. The van der Waals surface area contributed by atoms with Crippen molar-refractivity contribution >= 4 is 23.1 Å². The first-order chi connectivity index (χ1) is 13.2. The standard InChI is InChI=1S/C20H30N6S/c1-4-17-6-7-18(27-17)15-24-20(21-2)23-14-16-5-8-19(22-13-16)26-11-9-25(3)10-12-26/h5-8,13H,4,9-12,14-15H2,1-3H3,(H2,21,23,24). The molecule has 2 N–H and O–H groups in total. The molecule has 6 nitrogen and oxygen atoms in total. The Morgan fingerprint density at radius 2 is 1.81 bits per heavy atom. The highest BCUT2D eigenvalue weighted by Gasteiger charge is 2.14. The van der Waals surface area contributed by atoms with E-state index in [9.17, 15) is 0 Å². The Kier molecular flexibility index (Phi) is 7.06. The number of hydrogen-bond acceptors (Lipinski definition) is 5. The molecule has 0 aromatic carbocycles. The number of aryl methyl sites for hydroxylation is 1. The van der Waals surface area contributed by atoms with E-state index in [0.29, 0.717) is 6.54 Å². The van der Waals surface area contributed by atoms with E-state index in [2.05, 4.69) is 68.6 Å². The lowest BCUT2D eigenvalue weighted by molar-refractivity contribution is 0.312. The Hall–Kier alpha value is -2.12. The molecule has 0 spiro atoms. The Bertz CT molecular complexity index is 731. The number of aliphatic imine (C=N–C) groups is 1. The van der Waals surface area contributed by atoms with Gasteiger partial charge in [0.15, 0.2) is 5.96 Å². The lowest BCUT2D eigenvalue weighted by Crippen LogP contribution is -2.44. The van der Waals surface area contributed by atoms with Crippen molar-refractivity contribution in [1.82, 2.24) is 20.5 Å². The van der Waals surface area contributed by atoms with E-state index in [1.165, 1.54) is 9.75 Å². The Balaban J connectivity index is 1.46. The van der Waals surface area contributed by atoms with Crippen molar-refractivity contribution in [2.45, 2.75) is 26.4 Å². The van der Waals surface area contributed by atoms with Crippen LogP contribution in [0.25, 0.3) is 0 Å². The molecule has 2 aromatic heterocycles. The monoisotopic (exact) mass is 386 g/mol. The van der Waals surface area contributed by atoms with E-state index < -0.39 is 0 Å². The number of nitrogens with one attached hydrogen (secondary N) is 2. The second kappa shape index (κ2) is 9.71. The molecule has 1 aliphatic rings. The Morgan fingerprint density at radius 1 is 1.07 bits per heavy atom. The molecule has 1 aliphatic heterocycles. The zero-order chi connectivity index (χ0) is 19.1. The highest BCUT2D eigenvalue weighted by atomic mass is 32.1. The van der Waals surface area contributed by atoms with E-state index in [0.717, 1.165) is 56.5 Å². The van der Waals surface area contributed by atoms with Crippen LogP contribution in [0, 0.1) is 0 Å². The zero-order valence-electron chi connectivity index (χ0n) is 16.5. The lowest BCUT2D eigenvalue weighted by Gasteiger charge is -2.33. The van der Waals surface area contributed by atoms with E-state index in [4.69, 9.17) is 0 Å². The van der Waals surface area contributed by atoms with Crippen molar-refractivity contribution in [1.29, 1.82) is 0 Å². The summed E-state index contributed by atoms with van der Waals surface area (Å²) in [6.45, 7) is 7.96. The van der Waals surface area contributed by atoms with Crippen molar-refractivity contribution in [2.24, 2.45) is 4.99 Å². The summed E-state index contributed by atoms with van der Waals surface area (Å²) < 4.78 is 0. The predicted octanol–water partition coefficient (Wildman–Crippen LogP) is 2.32. The van der Waals surface area contributed by atoms with Gasteiger partial charge in [-0.1, -0.05) is 13.0 Å². The quantitative estimate of drug-likeness (QED) is 0.589. The third-order valence-corrected chi connectivity index (χ3v) is 6.05. The van der Waals surface area contributed by atoms with Crippen LogP contribution in [0.1, 0.15) is 22.2 Å². The molecule has 0 unspecified atom stereocenters. The van der Waals surface area contributed by atoms with Crippen molar-refractivity contribution < 1.29 is 0 Å². The van der Waals surface area contributed by atoms with Crippen LogP contribution in [0.15, 0.2) is 35.5 Å². The van der Waals surface area contributed by atoms with Gasteiger partial charge in [0.2, 0.25) is 0 Å². The molecule has 0 bridgehead atoms. The summed E-state index contributed by atoms with van der Waals surface area (Å²) in [5.74, 6) is 1.88. The Labute approximate surface area is 166 Å². The molecule has 1 saturated heterocycles. The van der Waals surface area contributed by atoms with Gasteiger partial charge in [0.25, 0.3) is 0 Å². The minimum absolute atomic E-state index is 0.709. The van der Waals surface area contributed by atoms with Crippen LogP contribution in [0.4, 0.5) is 5.82 Å². The average molecular weight is 387 g/mol. The van der Waals surface area contributed by atoms with Gasteiger partial charge in [-0.05, 0) is 37.2 Å². The van der Waals surface area contributed by atoms with Crippen molar-refractivity contribution in [3.8, 4) is 0 Å². The second-order valence-electron chi connectivity index (χ2n) is 6.82. The van der Waals surface area contributed by atoms with Crippen LogP contribution in [-0.2, 0) is 19.5 Å². The number of pyridine rings is 1. The molecule has 1 fully saturated rings. The first-order valence-electron chi connectivity index (χ1n) is 9.58. The molecule has 0 saturated carbocycles. The first kappa shape index (κ1) is 19.6. The molecule has 3 rings (SSSR count). The van der Waals surface area contributed by atoms with Gasteiger partial charge in [0.1, 0.15) is 5.82 Å². The van der Waals surface area contributed by atoms with Crippen LogP contribution >= 0.6 is 11.3 Å². The van der Waals surface area contributed by atoms with Crippen molar-refractivity contribution in [3.63, 3.8) is 0 Å². The van der Waals surface area contributed by atoms with Crippen molar-refractivity contribution in [2.75, 3.05) is 45.2 Å². The van der Waals surface area contributed by atoms with Gasteiger partial charge < -0.3 is 20.4 Å². The molecule has 7 heteroatoms. The van der Waals surface area contributed by atoms with Gasteiger partial charge in [-0.25, -0.2) is 4.98 Å². The number of rotatable bonds is 6. The summed E-state index contributed by atoms with van der Waals surface area (Å²) in [5.41, 5.74) is 1.15. The molecule has 0 atom stereocenters. The fraction of sp³-hybridized carbons (Fsp3) is 0.500. The fourth-order valence-corrected chi connectivity index (χ4v) is 3.93. The van der Waals surface area contributed by atoms with E-state index >= 15 is 0 Å². The van der Waals surface area contributed by atoms with Gasteiger partial charge in [-0.2, -0.15) is 0 Å². The number of nitrogens with zero attached hydrogens (tertiary/aromatic N) is 4. The maximum atomic E-state index is 4.65. The third-order valence-electron chi connectivity index (χ3n) is 4.82.